The lowest BCUT2D eigenvalue weighted by Gasteiger charge is -2.29. The Kier molecular flexibility index (Phi) is 29.3. The van der Waals surface area contributed by atoms with Crippen LogP contribution >= 0.6 is 0 Å². The molecule has 0 saturated heterocycles. The van der Waals surface area contributed by atoms with Gasteiger partial charge < -0.3 is 0 Å². The first-order valence-electron chi connectivity index (χ1n) is 18.2. The highest BCUT2D eigenvalue weighted by Crippen LogP contribution is 2.17. The number of nitrogens with zero attached hydrogens (tertiary/aromatic N) is 1. The quantitative estimate of drug-likeness (QED) is 0.0603. The fourth-order valence-corrected chi connectivity index (χ4v) is 5.84. The van der Waals surface area contributed by atoms with E-state index in [2.05, 4.69) is 27.7 Å². The van der Waals surface area contributed by atoms with Gasteiger partial charge in [-0.25, -0.2) is 0 Å². The molecule has 0 amide bonds. The second kappa shape index (κ2) is 29.8. The summed E-state index contributed by atoms with van der Waals surface area (Å²) in [7, 11) is 1.96. The molecule has 0 saturated carbocycles. The van der Waals surface area contributed by atoms with Gasteiger partial charge in [0.15, 0.2) is 11.6 Å². The number of carbonyl (C=O) groups excluding carboxylic acids is 2. The molecule has 0 atom stereocenters. The van der Waals surface area contributed by atoms with Gasteiger partial charge in [-0.15, -0.1) is 0 Å². The van der Waals surface area contributed by atoms with Gasteiger partial charge in [0.05, 0.1) is 0 Å². The van der Waals surface area contributed by atoms with Gasteiger partial charge in [-0.2, -0.15) is 0 Å². The van der Waals surface area contributed by atoms with Crippen LogP contribution in [0.15, 0.2) is 0 Å². The molecular weight excluding hydrogens is 490 g/mol. The molecule has 0 unspecified atom stereocenters. The van der Waals surface area contributed by atoms with E-state index in [1.165, 1.54) is 141 Å². The molecule has 0 aliphatic heterocycles. The van der Waals surface area contributed by atoms with Crippen LogP contribution in [0.5, 0.6) is 0 Å². The normalized spacial score (nSPS) is 11.8. The fourth-order valence-electron chi connectivity index (χ4n) is 5.84. The Bertz CT molecular complexity index is 516. The Balaban J connectivity index is 3.95. The van der Waals surface area contributed by atoms with E-state index in [1.54, 1.807) is 0 Å². The highest BCUT2D eigenvalue weighted by atomic mass is 16.2. The molecule has 0 aromatic rings. The van der Waals surface area contributed by atoms with Gasteiger partial charge in [0, 0.05) is 18.9 Å². The van der Waals surface area contributed by atoms with Gasteiger partial charge >= 0.3 is 0 Å². The summed E-state index contributed by atoms with van der Waals surface area (Å²) in [4.78, 5) is 28.2. The summed E-state index contributed by atoms with van der Waals surface area (Å²) >= 11 is 0. The predicted octanol–water partition coefficient (Wildman–Crippen LogP) is 11.8. The van der Waals surface area contributed by atoms with Crippen molar-refractivity contribution in [3.63, 3.8) is 0 Å². The molecule has 0 bridgehead atoms. The summed E-state index contributed by atoms with van der Waals surface area (Å²) in [6, 6.07) is -0.328. The molecule has 0 spiro atoms. The van der Waals surface area contributed by atoms with Gasteiger partial charge in [-0.3, -0.25) is 14.5 Å². The Hall–Kier alpha value is -0.700. The lowest BCUT2D eigenvalue weighted by atomic mass is 9.95. The number of carbonyl (C=O) groups is 2. The monoisotopic (exact) mass is 564 g/mol. The largest absolute Gasteiger partial charge is 0.297 e. The van der Waals surface area contributed by atoms with Crippen molar-refractivity contribution in [2.24, 2.45) is 0 Å². The highest BCUT2D eigenvalue weighted by Gasteiger charge is 2.30. The van der Waals surface area contributed by atoms with Crippen LogP contribution in [0.3, 0.4) is 0 Å². The lowest BCUT2D eigenvalue weighted by Crippen LogP contribution is -2.47. The first kappa shape index (κ1) is 39.3. The highest BCUT2D eigenvalue weighted by molar-refractivity contribution is 6.06. The third-order valence-electron chi connectivity index (χ3n) is 8.89. The van der Waals surface area contributed by atoms with E-state index in [1.807, 2.05) is 11.9 Å². The number of rotatable bonds is 32. The molecule has 0 aromatic carbocycles. The second-order valence-electron chi connectivity index (χ2n) is 13.1. The van der Waals surface area contributed by atoms with Gasteiger partial charge in [-0.05, 0) is 33.7 Å². The first-order valence-corrected chi connectivity index (χ1v) is 18.2. The number of ketones is 2. The van der Waals surface area contributed by atoms with Crippen molar-refractivity contribution in [3.05, 3.63) is 0 Å². The van der Waals surface area contributed by atoms with E-state index in [0.29, 0.717) is 12.8 Å². The number of hydrogen-bond acceptors (Lipinski definition) is 3. The number of hydrogen-bond donors (Lipinski definition) is 0. The van der Waals surface area contributed by atoms with Crippen LogP contribution in [-0.2, 0) is 9.59 Å². The average molecular weight is 564 g/mol. The lowest BCUT2D eigenvalue weighted by molar-refractivity contribution is -0.135. The summed E-state index contributed by atoms with van der Waals surface area (Å²) in [6.07, 6.45) is 35.1. The Labute approximate surface area is 252 Å². The van der Waals surface area contributed by atoms with Crippen molar-refractivity contribution in [1.82, 2.24) is 4.90 Å². The van der Waals surface area contributed by atoms with Crippen molar-refractivity contribution < 1.29 is 9.59 Å². The standard InChI is InChI=1S/C37H73NO2/c1-6-8-10-12-14-16-18-20-22-24-26-28-30-32-35(39)37(38(5)34(3)4)36(40)33-31-29-27-25-23-21-19-17-15-13-11-9-7-2/h34,37H,6-33H2,1-5H3. The maximum atomic E-state index is 13.1. The summed E-state index contributed by atoms with van der Waals surface area (Å²) in [6.45, 7) is 8.73. The van der Waals surface area contributed by atoms with Crippen molar-refractivity contribution in [2.45, 2.75) is 220 Å². The molecule has 0 aliphatic carbocycles. The van der Waals surface area contributed by atoms with E-state index in [0.717, 1.165) is 25.7 Å². The van der Waals surface area contributed by atoms with Gasteiger partial charge in [0.25, 0.3) is 0 Å². The molecule has 0 radical (unpaired) electrons. The summed E-state index contributed by atoms with van der Waals surface area (Å²) < 4.78 is 0. The molecule has 238 valence electrons. The van der Waals surface area contributed by atoms with Gasteiger partial charge in [0.1, 0.15) is 6.04 Å². The third kappa shape index (κ3) is 24.0. The van der Waals surface area contributed by atoms with Crippen LogP contribution in [0.25, 0.3) is 0 Å². The maximum absolute atomic E-state index is 13.1. The molecule has 0 fully saturated rings. The Morgan fingerprint density at radius 1 is 0.425 bits per heavy atom. The van der Waals surface area contributed by atoms with Gasteiger partial charge in [-0.1, -0.05) is 168 Å². The minimum Gasteiger partial charge on any atom is -0.297 e. The van der Waals surface area contributed by atoms with Crippen LogP contribution in [0.1, 0.15) is 207 Å². The van der Waals surface area contributed by atoms with E-state index >= 15 is 0 Å². The minimum absolute atomic E-state index is 0.152. The topological polar surface area (TPSA) is 37.4 Å². The SMILES string of the molecule is CCCCCCCCCCCCCCCC(=O)C(C(=O)CCCCCCCCCCCCCCC)N(C)C(C)C. The number of Topliss-reactive ketones (excluding diaryl/α,β-unsaturated/α-hetero) is 2. The summed E-state index contributed by atoms with van der Waals surface area (Å²) in [5, 5.41) is 0. The van der Waals surface area contributed by atoms with Crippen LogP contribution in [0.4, 0.5) is 0 Å². The Morgan fingerprint density at radius 2 is 0.650 bits per heavy atom. The molecule has 0 heterocycles. The van der Waals surface area contributed by atoms with Crippen LogP contribution in [0, 0.1) is 0 Å². The number of likely N-dealkylation sites (N-methyl/N-ethyl adjacent to an activating group) is 1. The van der Waals surface area contributed by atoms with Crippen LogP contribution in [0.2, 0.25) is 0 Å². The van der Waals surface area contributed by atoms with E-state index in [-0.39, 0.29) is 17.6 Å². The molecule has 0 rings (SSSR count). The first-order chi connectivity index (χ1) is 19.5. The average Bonchev–Trinajstić information content (AvgIpc) is 2.93. The summed E-state index contributed by atoms with van der Waals surface area (Å²) in [5.74, 6) is 0.304. The van der Waals surface area contributed by atoms with E-state index < -0.39 is 6.04 Å². The maximum Gasteiger partial charge on any atom is 0.157 e. The fraction of sp³-hybridized carbons (Fsp3) is 0.946. The van der Waals surface area contributed by atoms with Crippen LogP contribution < -0.4 is 0 Å². The molecular formula is C37H73NO2. The third-order valence-corrected chi connectivity index (χ3v) is 8.89. The predicted molar refractivity (Wildman–Crippen MR) is 177 cm³/mol. The Morgan fingerprint density at radius 3 is 0.875 bits per heavy atom. The minimum atomic E-state index is -0.533. The van der Waals surface area contributed by atoms with E-state index in [4.69, 9.17) is 0 Å². The summed E-state index contributed by atoms with van der Waals surface area (Å²) in [5.41, 5.74) is 0. The molecule has 0 aliphatic rings. The van der Waals surface area contributed by atoms with Crippen LogP contribution in [-0.4, -0.2) is 35.6 Å². The molecule has 0 aromatic heterocycles. The zero-order valence-corrected chi connectivity index (χ0v) is 28.2. The zero-order valence-electron chi connectivity index (χ0n) is 28.2. The van der Waals surface area contributed by atoms with Crippen molar-refractivity contribution in [2.75, 3.05) is 7.05 Å². The smallest absolute Gasteiger partial charge is 0.157 e. The second-order valence-corrected chi connectivity index (χ2v) is 13.1. The molecule has 3 heteroatoms. The zero-order chi connectivity index (χ0) is 29.7. The molecule has 40 heavy (non-hydrogen) atoms. The number of unbranched alkanes of at least 4 members (excludes halogenated alkanes) is 24. The van der Waals surface area contributed by atoms with Crippen molar-refractivity contribution in [3.8, 4) is 0 Å². The molecule has 3 nitrogen and oxygen atoms in total. The van der Waals surface area contributed by atoms with Gasteiger partial charge in [0.2, 0.25) is 0 Å². The van der Waals surface area contributed by atoms with Crippen molar-refractivity contribution >= 4 is 11.6 Å². The molecule has 0 N–H and O–H groups in total. The van der Waals surface area contributed by atoms with Crippen molar-refractivity contribution in [1.29, 1.82) is 0 Å². The van der Waals surface area contributed by atoms with E-state index in [9.17, 15) is 9.59 Å².